The molecule has 1 saturated carbocycles. The van der Waals surface area contributed by atoms with Crippen LogP contribution < -0.4 is 10.5 Å². The summed E-state index contributed by atoms with van der Waals surface area (Å²) >= 11 is 0. The molecule has 110 valence electrons. The van der Waals surface area contributed by atoms with E-state index in [9.17, 15) is 10.1 Å². The molecule has 1 aromatic carbocycles. The number of rotatable bonds is 6. The Morgan fingerprint density at radius 2 is 2.25 bits per heavy atom. The largest absolute Gasteiger partial charge is 0.488 e. The second-order valence-corrected chi connectivity index (χ2v) is 5.10. The van der Waals surface area contributed by atoms with Crippen LogP contribution in [-0.4, -0.2) is 29.8 Å². The Bertz CT molecular complexity index is 492. The van der Waals surface area contributed by atoms with Gasteiger partial charge in [-0.25, -0.2) is 0 Å². The highest BCUT2D eigenvalue weighted by atomic mass is 16.6. The average Bonchev–Trinajstić information content (AvgIpc) is 2.38. The second-order valence-electron chi connectivity index (χ2n) is 5.10. The summed E-state index contributed by atoms with van der Waals surface area (Å²) in [4.78, 5) is 10.4. The maximum Gasteiger partial charge on any atom is 0.272 e. The lowest BCUT2D eigenvalue weighted by atomic mass is 9.86. The van der Waals surface area contributed by atoms with Crippen molar-refractivity contribution in [2.24, 2.45) is 5.73 Å². The number of aryl methyl sites for hydroxylation is 1. The first kappa shape index (κ1) is 14.7. The molecule has 2 N–H and O–H groups in total. The molecule has 3 unspecified atom stereocenters. The van der Waals surface area contributed by atoms with Crippen molar-refractivity contribution in [2.45, 2.75) is 44.9 Å². The quantitative estimate of drug-likeness (QED) is 0.637. The van der Waals surface area contributed by atoms with Crippen LogP contribution in [0.25, 0.3) is 0 Å². The molecular formula is C14H20N2O4. The van der Waals surface area contributed by atoms with E-state index < -0.39 is 4.92 Å². The Morgan fingerprint density at radius 1 is 1.50 bits per heavy atom. The molecule has 0 aromatic heterocycles. The second kappa shape index (κ2) is 6.19. The van der Waals surface area contributed by atoms with Crippen LogP contribution >= 0.6 is 0 Å². The van der Waals surface area contributed by atoms with Gasteiger partial charge in [-0.15, -0.1) is 0 Å². The fourth-order valence-corrected chi connectivity index (χ4v) is 2.30. The van der Waals surface area contributed by atoms with Crippen molar-refractivity contribution in [3.05, 3.63) is 33.9 Å². The lowest BCUT2D eigenvalue weighted by Crippen LogP contribution is -2.59. The van der Waals surface area contributed by atoms with E-state index >= 15 is 0 Å². The summed E-state index contributed by atoms with van der Waals surface area (Å²) in [5.41, 5.74) is 6.59. The molecule has 20 heavy (non-hydrogen) atoms. The molecule has 0 saturated heterocycles. The van der Waals surface area contributed by atoms with Gasteiger partial charge in [-0.05, 0) is 25.5 Å². The van der Waals surface area contributed by atoms with Crippen LogP contribution in [0, 0.1) is 17.0 Å². The van der Waals surface area contributed by atoms with Gasteiger partial charge in [0.25, 0.3) is 5.69 Å². The Labute approximate surface area is 118 Å². The molecule has 1 aromatic rings. The molecule has 6 heteroatoms. The number of ether oxygens (including phenoxy) is 2. The Kier molecular flexibility index (Phi) is 4.57. The van der Waals surface area contributed by atoms with Crippen LogP contribution in [0.15, 0.2) is 18.2 Å². The van der Waals surface area contributed by atoms with E-state index in [1.165, 1.54) is 6.07 Å². The van der Waals surface area contributed by atoms with Gasteiger partial charge in [0.1, 0.15) is 18.0 Å². The Morgan fingerprint density at radius 3 is 2.80 bits per heavy atom. The third-order valence-electron chi connectivity index (χ3n) is 3.46. The fourth-order valence-electron chi connectivity index (χ4n) is 2.30. The van der Waals surface area contributed by atoms with Crippen molar-refractivity contribution < 1.29 is 14.4 Å². The smallest absolute Gasteiger partial charge is 0.272 e. The van der Waals surface area contributed by atoms with Gasteiger partial charge in [0.05, 0.1) is 4.92 Å². The van der Waals surface area contributed by atoms with Gasteiger partial charge in [-0.2, -0.15) is 0 Å². The minimum Gasteiger partial charge on any atom is -0.488 e. The van der Waals surface area contributed by atoms with Gasteiger partial charge >= 0.3 is 0 Å². The number of nitrogens with zero attached hydrogens (tertiary/aromatic N) is 1. The Hall–Kier alpha value is -1.66. The van der Waals surface area contributed by atoms with E-state index in [2.05, 4.69) is 0 Å². The van der Waals surface area contributed by atoms with Crippen molar-refractivity contribution in [2.75, 3.05) is 6.61 Å². The number of nitro benzene ring substituents is 1. The van der Waals surface area contributed by atoms with Crippen molar-refractivity contribution in [3.8, 4) is 5.75 Å². The van der Waals surface area contributed by atoms with Crippen molar-refractivity contribution >= 4 is 5.69 Å². The molecule has 0 amide bonds. The van der Waals surface area contributed by atoms with Crippen molar-refractivity contribution in [1.29, 1.82) is 0 Å². The topological polar surface area (TPSA) is 87.6 Å². The van der Waals surface area contributed by atoms with Crippen LogP contribution in [-0.2, 0) is 4.74 Å². The summed E-state index contributed by atoms with van der Waals surface area (Å²) in [5.74, 6) is 0.620. The SMILES string of the molecule is CCCOC1C(N)CC1Oc1ccc([N+](=O)[O-])c(C)c1. The molecule has 0 bridgehead atoms. The molecule has 3 atom stereocenters. The first-order valence-electron chi connectivity index (χ1n) is 6.81. The molecule has 6 nitrogen and oxygen atoms in total. The zero-order valence-corrected chi connectivity index (χ0v) is 11.7. The van der Waals surface area contributed by atoms with Crippen molar-refractivity contribution in [1.82, 2.24) is 0 Å². The maximum atomic E-state index is 10.8. The van der Waals surface area contributed by atoms with Crippen LogP contribution in [0.1, 0.15) is 25.3 Å². The monoisotopic (exact) mass is 280 g/mol. The van der Waals surface area contributed by atoms with Crippen LogP contribution in [0.4, 0.5) is 5.69 Å². The van der Waals surface area contributed by atoms with E-state index in [0.717, 1.165) is 12.8 Å². The third kappa shape index (κ3) is 3.08. The average molecular weight is 280 g/mol. The highest BCUT2D eigenvalue weighted by Crippen LogP contribution is 2.30. The third-order valence-corrected chi connectivity index (χ3v) is 3.46. The highest BCUT2D eigenvalue weighted by Gasteiger charge is 2.41. The Balaban J connectivity index is 2.00. The molecule has 1 aliphatic carbocycles. The van der Waals surface area contributed by atoms with E-state index in [-0.39, 0.29) is 23.9 Å². The van der Waals surface area contributed by atoms with Gasteiger partial charge < -0.3 is 15.2 Å². The summed E-state index contributed by atoms with van der Waals surface area (Å²) in [6.45, 7) is 4.40. The first-order valence-corrected chi connectivity index (χ1v) is 6.81. The molecule has 0 radical (unpaired) electrons. The summed E-state index contributed by atoms with van der Waals surface area (Å²) in [7, 11) is 0. The highest BCUT2D eigenvalue weighted by molar-refractivity contribution is 5.44. The molecule has 1 fully saturated rings. The van der Waals surface area contributed by atoms with Gasteiger partial charge in [0.2, 0.25) is 0 Å². The zero-order chi connectivity index (χ0) is 14.7. The molecule has 2 rings (SSSR count). The van der Waals surface area contributed by atoms with Crippen molar-refractivity contribution in [3.63, 3.8) is 0 Å². The van der Waals surface area contributed by atoms with E-state index in [1.807, 2.05) is 6.92 Å². The summed E-state index contributed by atoms with van der Waals surface area (Å²) in [5, 5.41) is 10.8. The lowest BCUT2D eigenvalue weighted by Gasteiger charge is -2.41. The predicted octanol–water partition coefficient (Wildman–Crippen LogP) is 2.18. The normalized spacial score (nSPS) is 25.1. The summed E-state index contributed by atoms with van der Waals surface area (Å²) in [6.07, 6.45) is 1.51. The zero-order valence-electron chi connectivity index (χ0n) is 11.7. The number of hydrogen-bond acceptors (Lipinski definition) is 5. The molecule has 0 spiro atoms. The standard InChI is InChI=1S/C14H20N2O4/c1-3-6-19-14-11(15)8-13(14)20-10-4-5-12(16(17)18)9(2)7-10/h4-5,7,11,13-14H,3,6,8,15H2,1-2H3. The number of nitro groups is 1. The van der Waals surface area contributed by atoms with E-state index in [1.54, 1.807) is 19.1 Å². The fraction of sp³-hybridized carbons (Fsp3) is 0.571. The van der Waals surface area contributed by atoms with Crippen LogP contribution in [0.3, 0.4) is 0 Å². The van der Waals surface area contributed by atoms with E-state index in [0.29, 0.717) is 17.9 Å². The minimum atomic E-state index is -0.397. The number of hydrogen-bond donors (Lipinski definition) is 1. The molecular weight excluding hydrogens is 260 g/mol. The van der Waals surface area contributed by atoms with Gasteiger partial charge in [0.15, 0.2) is 0 Å². The maximum absolute atomic E-state index is 10.8. The van der Waals surface area contributed by atoms with Gasteiger partial charge in [0, 0.05) is 30.7 Å². The molecule has 0 heterocycles. The van der Waals surface area contributed by atoms with E-state index in [4.69, 9.17) is 15.2 Å². The lowest BCUT2D eigenvalue weighted by molar-refractivity contribution is -0.385. The van der Waals surface area contributed by atoms with Gasteiger partial charge in [-0.1, -0.05) is 6.92 Å². The van der Waals surface area contributed by atoms with Gasteiger partial charge in [-0.3, -0.25) is 10.1 Å². The molecule has 0 aliphatic heterocycles. The number of benzene rings is 1. The van der Waals surface area contributed by atoms with Crippen LogP contribution in [0.2, 0.25) is 0 Å². The first-order chi connectivity index (χ1) is 9.52. The minimum absolute atomic E-state index is 0.00527. The number of nitrogens with two attached hydrogens (primary N) is 1. The predicted molar refractivity (Wildman–Crippen MR) is 74.9 cm³/mol. The van der Waals surface area contributed by atoms with Crippen LogP contribution in [0.5, 0.6) is 5.75 Å². The molecule has 1 aliphatic rings. The summed E-state index contributed by atoms with van der Waals surface area (Å²) in [6, 6.07) is 4.77. The summed E-state index contributed by atoms with van der Waals surface area (Å²) < 4.78 is 11.5.